The van der Waals surface area contributed by atoms with Crippen LogP contribution < -0.4 is 10.2 Å². The first kappa shape index (κ1) is 10.9. The molecule has 0 aliphatic heterocycles. The van der Waals surface area contributed by atoms with Crippen molar-refractivity contribution in [2.24, 2.45) is 0 Å². The van der Waals surface area contributed by atoms with Crippen molar-refractivity contribution in [2.75, 3.05) is 26.0 Å². The number of rotatable bonds is 3. The topological polar surface area (TPSA) is 28.2 Å². The molecule has 84 valence electrons. The summed E-state index contributed by atoms with van der Waals surface area (Å²) in [7, 11) is 5.99. The normalized spacial score (nSPS) is 10.7. The van der Waals surface area contributed by atoms with Gasteiger partial charge in [-0.05, 0) is 18.0 Å². The first-order valence-electron chi connectivity index (χ1n) is 5.42. The van der Waals surface area contributed by atoms with E-state index in [0.717, 1.165) is 12.4 Å². The van der Waals surface area contributed by atoms with Crippen molar-refractivity contribution >= 4 is 16.6 Å². The highest BCUT2D eigenvalue weighted by molar-refractivity contribution is 5.94. The van der Waals surface area contributed by atoms with Gasteiger partial charge in [0.15, 0.2) is 0 Å². The number of anilines is 1. The van der Waals surface area contributed by atoms with Crippen molar-refractivity contribution in [3.63, 3.8) is 0 Å². The van der Waals surface area contributed by atoms with Crippen molar-refractivity contribution in [2.45, 2.75) is 6.54 Å². The van der Waals surface area contributed by atoms with E-state index >= 15 is 0 Å². The highest BCUT2D eigenvalue weighted by Crippen LogP contribution is 2.25. The average molecular weight is 215 g/mol. The summed E-state index contributed by atoms with van der Waals surface area (Å²) in [6, 6.07) is 8.40. The molecule has 0 saturated heterocycles. The van der Waals surface area contributed by atoms with Gasteiger partial charge in [-0.15, -0.1) is 0 Å². The predicted molar refractivity (Wildman–Crippen MR) is 68.8 cm³/mol. The van der Waals surface area contributed by atoms with Crippen LogP contribution in [0.2, 0.25) is 0 Å². The molecule has 0 aliphatic rings. The quantitative estimate of drug-likeness (QED) is 0.849. The first-order valence-corrected chi connectivity index (χ1v) is 5.42. The Bertz CT molecular complexity index is 492. The smallest absolute Gasteiger partial charge is 0.135 e. The maximum atomic E-state index is 4.51. The number of nitrogens with zero attached hydrogens (tertiary/aromatic N) is 2. The molecule has 1 aromatic heterocycles. The fourth-order valence-electron chi connectivity index (χ4n) is 1.92. The molecular weight excluding hydrogens is 198 g/mol. The zero-order valence-corrected chi connectivity index (χ0v) is 9.99. The monoisotopic (exact) mass is 215 g/mol. The van der Waals surface area contributed by atoms with Crippen LogP contribution in [-0.4, -0.2) is 26.1 Å². The number of hydrogen-bond donors (Lipinski definition) is 1. The fourth-order valence-corrected chi connectivity index (χ4v) is 1.92. The third-order valence-corrected chi connectivity index (χ3v) is 2.65. The summed E-state index contributed by atoms with van der Waals surface area (Å²) in [5, 5.41) is 5.65. The SMILES string of the molecule is CNCc1cnc(N(C)C)c2ccccc12. The number of hydrogen-bond acceptors (Lipinski definition) is 3. The second-order valence-electron chi connectivity index (χ2n) is 4.08. The summed E-state index contributed by atoms with van der Waals surface area (Å²) in [6.45, 7) is 0.848. The lowest BCUT2D eigenvalue weighted by Crippen LogP contribution is -2.12. The Morgan fingerprint density at radius 1 is 1.19 bits per heavy atom. The van der Waals surface area contributed by atoms with E-state index in [1.165, 1.54) is 16.3 Å². The van der Waals surface area contributed by atoms with Gasteiger partial charge in [0, 0.05) is 32.2 Å². The second-order valence-corrected chi connectivity index (χ2v) is 4.08. The zero-order chi connectivity index (χ0) is 11.5. The van der Waals surface area contributed by atoms with Gasteiger partial charge in [0.1, 0.15) is 5.82 Å². The number of benzene rings is 1. The third kappa shape index (κ3) is 1.86. The minimum Gasteiger partial charge on any atom is -0.362 e. The number of fused-ring (bicyclic) bond motifs is 1. The average Bonchev–Trinajstić information content (AvgIpc) is 2.29. The standard InChI is InChI=1S/C13H17N3/c1-14-8-10-9-15-13(16(2)3)12-7-5-4-6-11(10)12/h4-7,9,14H,8H2,1-3H3. The minimum atomic E-state index is 0.848. The summed E-state index contributed by atoms with van der Waals surface area (Å²) in [5.74, 6) is 1.02. The number of pyridine rings is 1. The molecule has 3 nitrogen and oxygen atoms in total. The van der Waals surface area contributed by atoms with Gasteiger partial charge >= 0.3 is 0 Å². The maximum Gasteiger partial charge on any atom is 0.135 e. The Morgan fingerprint density at radius 3 is 2.50 bits per heavy atom. The van der Waals surface area contributed by atoms with Crippen LogP contribution in [0.4, 0.5) is 5.82 Å². The largest absolute Gasteiger partial charge is 0.362 e. The molecule has 1 aromatic carbocycles. The lowest BCUT2D eigenvalue weighted by Gasteiger charge is -2.16. The third-order valence-electron chi connectivity index (χ3n) is 2.65. The molecule has 2 aromatic rings. The van der Waals surface area contributed by atoms with Crippen molar-refractivity contribution in [3.05, 3.63) is 36.0 Å². The molecule has 1 N–H and O–H groups in total. The number of nitrogens with one attached hydrogen (secondary N) is 1. The Balaban J connectivity index is 2.67. The molecule has 16 heavy (non-hydrogen) atoms. The summed E-state index contributed by atoms with van der Waals surface area (Å²) in [6.07, 6.45) is 1.95. The molecule has 0 amide bonds. The highest BCUT2D eigenvalue weighted by atomic mass is 15.1. The van der Waals surface area contributed by atoms with E-state index in [0.29, 0.717) is 0 Å². The van der Waals surface area contributed by atoms with Crippen LogP contribution in [0.5, 0.6) is 0 Å². The van der Waals surface area contributed by atoms with E-state index in [2.05, 4.69) is 34.6 Å². The Kier molecular flexibility index (Phi) is 3.06. The Labute approximate surface area is 96.1 Å². The molecule has 0 saturated carbocycles. The van der Waals surface area contributed by atoms with Crippen LogP contribution in [0.15, 0.2) is 30.5 Å². The molecule has 0 spiro atoms. The van der Waals surface area contributed by atoms with E-state index in [1.54, 1.807) is 0 Å². The predicted octanol–water partition coefficient (Wildman–Crippen LogP) is 2.02. The molecular formula is C13H17N3. The summed E-state index contributed by atoms with van der Waals surface area (Å²) in [4.78, 5) is 6.56. The summed E-state index contributed by atoms with van der Waals surface area (Å²) >= 11 is 0. The molecule has 0 aliphatic carbocycles. The highest BCUT2D eigenvalue weighted by Gasteiger charge is 2.07. The van der Waals surface area contributed by atoms with E-state index < -0.39 is 0 Å². The summed E-state index contributed by atoms with van der Waals surface area (Å²) in [5.41, 5.74) is 1.24. The van der Waals surface area contributed by atoms with Gasteiger partial charge in [0.05, 0.1) is 0 Å². The molecule has 0 radical (unpaired) electrons. The van der Waals surface area contributed by atoms with Crippen molar-refractivity contribution in [1.29, 1.82) is 0 Å². The second kappa shape index (κ2) is 4.49. The van der Waals surface area contributed by atoms with Crippen LogP contribution in [-0.2, 0) is 6.54 Å². The zero-order valence-electron chi connectivity index (χ0n) is 9.99. The van der Waals surface area contributed by atoms with Gasteiger partial charge in [0.25, 0.3) is 0 Å². The fraction of sp³-hybridized carbons (Fsp3) is 0.308. The van der Waals surface area contributed by atoms with Gasteiger partial charge in [-0.3, -0.25) is 0 Å². The van der Waals surface area contributed by atoms with Gasteiger partial charge in [0.2, 0.25) is 0 Å². The lowest BCUT2D eigenvalue weighted by atomic mass is 10.1. The molecule has 0 fully saturated rings. The first-order chi connectivity index (χ1) is 7.74. The van der Waals surface area contributed by atoms with Crippen LogP contribution in [0.1, 0.15) is 5.56 Å². The summed E-state index contributed by atoms with van der Waals surface area (Å²) < 4.78 is 0. The van der Waals surface area contributed by atoms with Gasteiger partial charge < -0.3 is 10.2 Å². The van der Waals surface area contributed by atoms with Gasteiger partial charge in [-0.1, -0.05) is 24.3 Å². The van der Waals surface area contributed by atoms with Gasteiger partial charge in [-0.2, -0.15) is 0 Å². The van der Waals surface area contributed by atoms with Crippen molar-refractivity contribution in [1.82, 2.24) is 10.3 Å². The molecule has 3 heteroatoms. The Morgan fingerprint density at radius 2 is 1.88 bits per heavy atom. The van der Waals surface area contributed by atoms with E-state index in [9.17, 15) is 0 Å². The van der Waals surface area contributed by atoms with Crippen LogP contribution in [0, 0.1) is 0 Å². The van der Waals surface area contributed by atoms with Gasteiger partial charge in [-0.25, -0.2) is 4.98 Å². The molecule has 0 bridgehead atoms. The Hall–Kier alpha value is -1.61. The van der Waals surface area contributed by atoms with Crippen LogP contribution in [0.3, 0.4) is 0 Å². The van der Waals surface area contributed by atoms with Crippen LogP contribution in [0.25, 0.3) is 10.8 Å². The lowest BCUT2D eigenvalue weighted by molar-refractivity contribution is 0.819. The van der Waals surface area contributed by atoms with E-state index in [-0.39, 0.29) is 0 Å². The van der Waals surface area contributed by atoms with E-state index in [1.807, 2.05) is 32.2 Å². The molecule has 1 heterocycles. The molecule has 0 unspecified atom stereocenters. The van der Waals surface area contributed by atoms with Crippen molar-refractivity contribution < 1.29 is 0 Å². The molecule has 0 atom stereocenters. The minimum absolute atomic E-state index is 0.848. The van der Waals surface area contributed by atoms with Crippen molar-refractivity contribution in [3.8, 4) is 0 Å². The van der Waals surface area contributed by atoms with E-state index in [4.69, 9.17) is 0 Å². The maximum absolute atomic E-state index is 4.51. The number of aromatic nitrogens is 1. The molecule has 2 rings (SSSR count). The van der Waals surface area contributed by atoms with Crippen LogP contribution >= 0.6 is 0 Å².